The highest BCUT2D eigenvalue weighted by Crippen LogP contribution is 1.86. The fourth-order valence-corrected chi connectivity index (χ4v) is 0.684. The zero-order valence-corrected chi connectivity index (χ0v) is 6.09. The molecule has 0 bridgehead atoms. The Kier molecular flexibility index (Phi) is 3.87. The van der Waals surface area contributed by atoms with Gasteiger partial charge in [-0.2, -0.15) is 0 Å². The predicted octanol–water partition coefficient (Wildman–Crippen LogP) is 0.112. The fourth-order valence-electron chi connectivity index (χ4n) is 0.262. The van der Waals surface area contributed by atoms with Crippen LogP contribution in [0, 0.1) is 0 Å². The summed E-state index contributed by atoms with van der Waals surface area (Å²) in [5.74, 6) is 0. The Morgan fingerprint density at radius 2 is 2.00 bits per heavy atom. The lowest BCUT2D eigenvalue weighted by Crippen LogP contribution is -2.12. The molecule has 0 heterocycles. The molecule has 0 radical (unpaired) electrons. The molecule has 4 nitrogen and oxygen atoms in total. The molecule has 0 aromatic rings. The average Bonchev–Trinajstić information content (AvgIpc) is 1.82. The summed E-state index contributed by atoms with van der Waals surface area (Å²) in [7, 11) is -0.163. The molecule has 0 aromatic carbocycles. The maximum atomic E-state index is 8.22. The summed E-state index contributed by atoms with van der Waals surface area (Å²) in [5, 5.41) is 22.2. The highest BCUT2D eigenvalue weighted by Gasteiger charge is 2.11. The van der Waals surface area contributed by atoms with E-state index < -0.39 is 0 Å². The average molecular weight is 149 g/mol. The zero-order chi connectivity index (χ0) is 7.28. The van der Waals surface area contributed by atoms with Crippen LogP contribution < -0.4 is 0 Å². The Morgan fingerprint density at radius 3 is 2.11 bits per heavy atom. The summed E-state index contributed by atoms with van der Waals surface area (Å²) in [6, 6.07) is 0. The molecule has 5 heteroatoms. The van der Waals surface area contributed by atoms with Crippen LogP contribution in [-0.4, -0.2) is 34.2 Å². The van der Waals surface area contributed by atoms with Gasteiger partial charge in [0, 0.05) is 10.9 Å². The first kappa shape index (κ1) is 8.29. The van der Waals surface area contributed by atoms with Crippen LogP contribution in [-0.2, 0) is 10.9 Å². The van der Waals surface area contributed by atoms with Gasteiger partial charge in [-0.15, -0.1) is 0 Å². The molecule has 0 aliphatic carbocycles. The van der Waals surface area contributed by atoms with E-state index in [9.17, 15) is 0 Å². The molecule has 0 aliphatic heterocycles. The summed E-state index contributed by atoms with van der Waals surface area (Å²) in [6.45, 7) is 0. The first-order chi connectivity index (χ1) is 4.22. The van der Waals surface area contributed by atoms with E-state index in [1.165, 1.54) is 0 Å². The van der Waals surface area contributed by atoms with Crippen molar-refractivity contribution in [2.45, 2.75) is 0 Å². The van der Waals surface area contributed by atoms with E-state index in [-0.39, 0.29) is 10.9 Å². The first-order valence-electron chi connectivity index (χ1n) is 2.19. The van der Waals surface area contributed by atoms with E-state index in [2.05, 4.69) is 10.3 Å². The third-order valence-corrected chi connectivity index (χ3v) is 1.71. The molecule has 52 valence electrons. The van der Waals surface area contributed by atoms with Crippen LogP contribution in [0.2, 0.25) is 0 Å². The zero-order valence-electron chi connectivity index (χ0n) is 5.27. The minimum Gasteiger partial charge on any atom is -0.411 e. The van der Waals surface area contributed by atoms with Crippen LogP contribution in [0.3, 0.4) is 0 Å². The number of hydrogen-bond acceptors (Lipinski definition) is 4. The van der Waals surface area contributed by atoms with E-state index in [1.54, 1.807) is 0 Å². The minimum absolute atomic E-state index is 0.163. The van der Waals surface area contributed by atoms with E-state index in [4.69, 9.17) is 10.4 Å². The molecule has 0 saturated heterocycles. The fraction of sp³-hybridized carbons (Fsp3) is 0.500. The van der Waals surface area contributed by atoms with Gasteiger partial charge in [0.05, 0.1) is 0 Å². The van der Waals surface area contributed by atoms with E-state index in [1.807, 2.05) is 12.5 Å². The third-order valence-electron chi connectivity index (χ3n) is 0.685. The van der Waals surface area contributed by atoms with Crippen molar-refractivity contribution in [2.75, 3.05) is 12.5 Å². The Bertz CT molecular complexity index is 133. The summed E-state index contributed by atoms with van der Waals surface area (Å²) in [5.41, 5.74) is 0. The van der Waals surface area contributed by atoms with Gasteiger partial charge in [-0.3, -0.25) is 0 Å². The lowest BCUT2D eigenvalue weighted by molar-refractivity contribution is 0.317. The van der Waals surface area contributed by atoms with Crippen LogP contribution in [0.4, 0.5) is 0 Å². The van der Waals surface area contributed by atoms with Crippen molar-refractivity contribution >= 4 is 22.2 Å². The first-order valence-corrected chi connectivity index (χ1v) is 4.23. The van der Waals surface area contributed by atoms with E-state index >= 15 is 0 Å². The number of oxime groups is 2. The van der Waals surface area contributed by atoms with E-state index in [0.29, 0.717) is 5.04 Å². The van der Waals surface area contributed by atoms with Crippen LogP contribution in [0.25, 0.3) is 0 Å². The molecule has 0 fully saturated rings. The van der Waals surface area contributed by atoms with Gasteiger partial charge < -0.3 is 10.4 Å². The maximum Gasteiger partial charge on any atom is 0.301 e. The molecule has 2 N–H and O–H groups in total. The molecule has 0 saturated carbocycles. The standard InChI is InChI=1S/C4H8N2O2S/c1-9(2)4(6-8)3-5-7/h3H,1-2H3,(H-,7,8)/p+1. The lowest BCUT2D eigenvalue weighted by Gasteiger charge is -1.87. The van der Waals surface area contributed by atoms with Crippen LogP contribution in [0.5, 0.6) is 0 Å². The molecule has 0 rings (SSSR count). The Labute approximate surface area is 56.2 Å². The van der Waals surface area contributed by atoms with Gasteiger partial charge >= 0.3 is 5.04 Å². The molecule has 9 heavy (non-hydrogen) atoms. The number of nitrogens with zero attached hydrogens (tertiary/aromatic N) is 2. The summed E-state index contributed by atoms with van der Waals surface area (Å²) >= 11 is 0. The molecule has 0 aliphatic rings. The largest absolute Gasteiger partial charge is 0.411 e. The van der Waals surface area contributed by atoms with Crippen molar-refractivity contribution in [2.24, 2.45) is 10.3 Å². The Balaban J connectivity index is 4.01. The van der Waals surface area contributed by atoms with Gasteiger partial charge in [0.1, 0.15) is 18.7 Å². The van der Waals surface area contributed by atoms with E-state index in [0.717, 1.165) is 6.21 Å². The second-order valence-corrected chi connectivity index (χ2v) is 3.55. The number of hydrogen-bond donors (Lipinski definition) is 2. The molecule has 0 atom stereocenters. The van der Waals surface area contributed by atoms with Gasteiger partial charge in [-0.25, -0.2) is 0 Å². The SMILES string of the molecule is C[S+](C)C(C=NO)=NO. The molecule has 0 unspecified atom stereocenters. The normalized spacial score (nSPS) is 13.4. The molecule has 0 aromatic heterocycles. The molecule has 0 spiro atoms. The quantitative estimate of drug-likeness (QED) is 0.183. The topological polar surface area (TPSA) is 65.2 Å². The molecular formula is C4H9N2O2S+. The maximum absolute atomic E-state index is 8.22. The van der Waals surface area contributed by atoms with Gasteiger partial charge in [0.25, 0.3) is 0 Å². The summed E-state index contributed by atoms with van der Waals surface area (Å²) < 4.78 is 0. The van der Waals surface area contributed by atoms with Crippen molar-refractivity contribution in [3.8, 4) is 0 Å². The third kappa shape index (κ3) is 2.97. The van der Waals surface area contributed by atoms with Crippen LogP contribution >= 0.6 is 0 Å². The summed E-state index contributed by atoms with van der Waals surface area (Å²) in [6.07, 6.45) is 4.83. The number of rotatable bonds is 1. The van der Waals surface area contributed by atoms with Gasteiger partial charge in [-0.1, -0.05) is 5.16 Å². The Hall–Kier alpha value is -0.710. The second kappa shape index (κ2) is 4.20. The smallest absolute Gasteiger partial charge is 0.301 e. The van der Waals surface area contributed by atoms with Crippen molar-refractivity contribution in [1.29, 1.82) is 0 Å². The monoisotopic (exact) mass is 149 g/mol. The second-order valence-electron chi connectivity index (χ2n) is 1.50. The molecular weight excluding hydrogens is 140 g/mol. The highest BCUT2D eigenvalue weighted by molar-refractivity contribution is 8.11. The summed E-state index contributed by atoms with van der Waals surface area (Å²) in [4.78, 5) is 0. The highest BCUT2D eigenvalue weighted by atomic mass is 32.2. The lowest BCUT2D eigenvalue weighted by atomic mass is 10.8. The van der Waals surface area contributed by atoms with Gasteiger partial charge in [0.15, 0.2) is 0 Å². The van der Waals surface area contributed by atoms with Crippen molar-refractivity contribution < 1.29 is 10.4 Å². The van der Waals surface area contributed by atoms with Crippen molar-refractivity contribution in [3.63, 3.8) is 0 Å². The Morgan fingerprint density at radius 1 is 1.44 bits per heavy atom. The molecule has 0 amide bonds. The van der Waals surface area contributed by atoms with Crippen molar-refractivity contribution in [3.05, 3.63) is 0 Å². The van der Waals surface area contributed by atoms with Gasteiger partial charge in [0.2, 0.25) is 0 Å². The minimum atomic E-state index is -0.163. The van der Waals surface area contributed by atoms with Gasteiger partial charge in [-0.05, 0) is 5.16 Å². The van der Waals surface area contributed by atoms with Crippen molar-refractivity contribution in [1.82, 2.24) is 0 Å². The van der Waals surface area contributed by atoms with Crippen LogP contribution in [0.15, 0.2) is 10.3 Å². The van der Waals surface area contributed by atoms with Crippen LogP contribution in [0.1, 0.15) is 0 Å². The predicted molar refractivity (Wildman–Crippen MR) is 38.7 cm³/mol.